The lowest BCUT2D eigenvalue weighted by molar-refractivity contribution is -0.470. The van der Waals surface area contributed by atoms with Gasteiger partial charge in [0.25, 0.3) is 0 Å². The first-order chi connectivity index (χ1) is 18.3. The Morgan fingerprint density at radius 2 is 1.74 bits per heavy atom. The second-order valence-electron chi connectivity index (χ2n) is 9.41. The molecule has 0 N–H and O–H groups in total. The minimum atomic E-state index is -0.994. The summed E-state index contributed by atoms with van der Waals surface area (Å²) >= 11 is 0. The van der Waals surface area contributed by atoms with Crippen molar-refractivity contribution in [3.05, 3.63) is 59.7 Å². The number of hydroxylamine groups is 2. The summed E-state index contributed by atoms with van der Waals surface area (Å²) in [6, 6.07) is 14.8. The van der Waals surface area contributed by atoms with Crippen molar-refractivity contribution in [2.45, 2.75) is 64.3 Å². The monoisotopic (exact) mass is 529 g/mol. The smallest absolute Gasteiger partial charge is 0.337 e. The van der Waals surface area contributed by atoms with E-state index >= 15 is 0 Å². The van der Waals surface area contributed by atoms with E-state index in [2.05, 4.69) is 0 Å². The van der Waals surface area contributed by atoms with Gasteiger partial charge in [0, 0.05) is 18.8 Å². The molecule has 0 aliphatic carbocycles. The van der Waals surface area contributed by atoms with Gasteiger partial charge in [-0.2, -0.15) is 0 Å². The van der Waals surface area contributed by atoms with Crippen molar-refractivity contribution in [3.63, 3.8) is 0 Å². The van der Waals surface area contributed by atoms with Crippen molar-refractivity contribution in [2.75, 3.05) is 21.3 Å². The van der Waals surface area contributed by atoms with E-state index in [1.165, 1.54) is 19.3 Å². The molecule has 5 atom stereocenters. The van der Waals surface area contributed by atoms with Crippen LogP contribution in [-0.4, -0.2) is 63.0 Å². The highest BCUT2D eigenvalue weighted by molar-refractivity contribution is 5.74. The fourth-order valence-corrected chi connectivity index (χ4v) is 5.34. The standard InChI is InChI=1S/C28H35NO9/c1-6-28(16-20-12-13-21(32-3)22(14-20)33-4)24-15-23(26(31)34-5)37-29(24)38-27(25(28)36-18(2)30)35-17-19-10-8-7-9-11-19/h7-14,23-25,27H,6,15-17H2,1-5H3. The molecule has 2 fully saturated rings. The SMILES string of the molecule is CCC1(Cc2ccc(OC)c(OC)c2)C(OC(C)=O)C(OCc2ccccc2)ON2OC(C(=O)OC)CC21. The number of ether oxygens (including phenoxy) is 5. The van der Waals surface area contributed by atoms with Crippen LogP contribution >= 0.6 is 0 Å². The average molecular weight is 530 g/mol. The van der Waals surface area contributed by atoms with Gasteiger partial charge in [-0.1, -0.05) is 48.5 Å². The van der Waals surface area contributed by atoms with Gasteiger partial charge in [0.05, 0.1) is 34.0 Å². The summed E-state index contributed by atoms with van der Waals surface area (Å²) in [6.07, 6.45) is -1.36. The van der Waals surface area contributed by atoms with E-state index < -0.39 is 41.9 Å². The first kappa shape index (κ1) is 27.8. The molecule has 206 valence electrons. The first-order valence-corrected chi connectivity index (χ1v) is 12.6. The quantitative estimate of drug-likeness (QED) is 0.424. The number of carbonyl (C=O) groups is 2. The Balaban J connectivity index is 1.75. The van der Waals surface area contributed by atoms with Gasteiger partial charge in [-0.25, -0.2) is 9.63 Å². The molecule has 2 heterocycles. The molecule has 2 aliphatic heterocycles. The number of fused-ring (bicyclic) bond motifs is 1. The van der Waals surface area contributed by atoms with Crippen molar-refractivity contribution in [3.8, 4) is 11.5 Å². The van der Waals surface area contributed by atoms with Crippen molar-refractivity contribution >= 4 is 11.9 Å². The third kappa shape index (κ3) is 5.63. The number of hydrogen-bond donors (Lipinski definition) is 0. The summed E-state index contributed by atoms with van der Waals surface area (Å²) in [6.45, 7) is 3.60. The maximum Gasteiger partial charge on any atom is 0.337 e. The van der Waals surface area contributed by atoms with Gasteiger partial charge in [0.2, 0.25) is 6.29 Å². The van der Waals surface area contributed by atoms with Crippen molar-refractivity contribution in [2.24, 2.45) is 5.41 Å². The zero-order valence-corrected chi connectivity index (χ0v) is 22.4. The predicted octanol–water partition coefficient (Wildman–Crippen LogP) is 3.61. The molecule has 0 aromatic heterocycles. The van der Waals surface area contributed by atoms with Gasteiger partial charge >= 0.3 is 11.9 Å². The summed E-state index contributed by atoms with van der Waals surface area (Å²) in [5, 5.41) is 1.33. The van der Waals surface area contributed by atoms with Crippen molar-refractivity contribution < 1.29 is 42.9 Å². The van der Waals surface area contributed by atoms with Gasteiger partial charge in [-0.3, -0.25) is 9.63 Å². The van der Waals surface area contributed by atoms with Crippen LogP contribution in [-0.2, 0) is 46.5 Å². The molecule has 0 spiro atoms. The van der Waals surface area contributed by atoms with Gasteiger partial charge in [-0.05, 0) is 36.1 Å². The molecule has 2 aliphatic rings. The molecule has 2 aromatic carbocycles. The molecular weight excluding hydrogens is 494 g/mol. The maximum absolute atomic E-state index is 12.4. The van der Waals surface area contributed by atoms with Crippen molar-refractivity contribution in [1.29, 1.82) is 0 Å². The topological polar surface area (TPSA) is 102 Å². The van der Waals surface area contributed by atoms with Gasteiger partial charge in [-0.15, -0.1) is 0 Å². The largest absolute Gasteiger partial charge is 0.493 e. The summed E-state index contributed by atoms with van der Waals surface area (Å²) in [7, 11) is 4.47. The Morgan fingerprint density at radius 1 is 1.00 bits per heavy atom. The molecule has 38 heavy (non-hydrogen) atoms. The minimum Gasteiger partial charge on any atom is -0.493 e. The number of benzene rings is 2. The number of esters is 2. The van der Waals surface area contributed by atoms with Crippen LogP contribution in [0.15, 0.2) is 48.5 Å². The predicted molar refractivity (Wildman–Crippen MR) is 135 cm³/mol. The zero-order valence-electron chi connectivity index (χ0n) is 22.4. The van der Waals surface area contributed by atoms with Crippen LogP contribution in [0.5, 0.6) is 11.5 Å². The Morgan fingerprint density at radius 3 is 2.37 bits per heavy atom. The summed E-state index contributed by atoms with van der Waals surface area (Å²) in [5.41, 5.74) is 1.09. The molecule has 0 saturated carbocycles. The third-order valence-electron chi connectivity index (χ3n) is 7.26. The Hall–Kier alpha value is -3.18. The Kier molecular flexibility index (Phi) is 8.88. The molecule has 2 saturated heterocycles. The Bertz CT molecular complexity index is 1110. The molecular formula is C28H35NO9. The number of nitrogens with zero attached hydrogens (tertiary/aromatic N) is 1. The molecule has 4 rings (SSSR count). The lowest BCUT2D eigenvalue weighted by Crippen LogP contribution is -2.63. The molecule has 10 heteroatoms. The van der Waals surface area contributed by atoms with E-state index in [1.54, 1.807) is 14.2 Å². The summed E-state index contributed by atoms with van der Waals surface area (Å²) < 4.78 is 28.0. The fourth-order valence-electron chi connectivity index (χ4n) is 5.34. The third-order valence-corrected chi connectivity index (χ3v) is 7.26. The highest BCUT2D eigenvalue weighted by atomic mass is 17.0. The first-order valence-electron chi connectivity index (χ1n) is 12.6. The summed E-state index contributed by atoms with van der Waals surface area (Å²) in [5.74, 6) is 0.209. The number of hydrogen-bond acceptors (Lipinski definition) is 10. The number of carbonyl (C=O) groups excluding carboxylic acids is 2. The van der Waals surface area contributed by atoms with E-state index in [0.29, 0.717) is 24.3 Å². The van der Waals surface area contributed by atoms with Crippen LogP contribution in [0.4, 0.5) is 0 Å². The Labute approximate surface area is 222 Å². The van der Waals surface area contributed by atoms with E-state index in [1.807, 2.05) is 55.5 Å². The van der Waals surface area contributed by atoms with Gasteiger partial charge in [0.1, 0.15) is 0 Å². The van der Waals surface area contributed by atoms with E-state index in [0.717, 1.165) is 11.1 Å². The lowest BCUT2D eigenvalue weighted by atomic mass is 9.67. The van der Waals surface area contributed by atoms with E-state index in [4.69, 9.17) is 33.4 Å². The molecule has 10 nitrogen and oxygen atoms in total. The second kappa shape index (κ2) is 12.1. The van der Waals surface area contributed by atoms with Crippen LogP contribution in [0.1, 0.15) is 37.8 Å². The van der Waals surface area contributed by atoms with Crippen LogP contribution in [0, 0.1) is 5.41 Å². The number of rotatable bonds is 10. The lowest BCUT2D eigenvalue weighted by Gasteiger charge is -2.51. The average Bonchev–Trinajstić information content (AvgIpc) is 3.37. The normalized spacial score (nSPS) is 26.9. The molecule has 0 amide bonds. The highest BCUT2D eigenvalue weighted by Gasteiger charge is 2.62. The zero-order chi connectivity index (χ0) is 27.3. The van der Waals surface area contributed by atoms with E-state index in [-0.39, 0.29) is 13.0 Å². The molecule has 0 radical (unpaired) electrons. The van der Waals surface area contributed by atoms with Gasteiger partial charge in [0.15, 0.2) is 23.7 Å². The van der Waals surface area contributed by atoms with Crippen LogP contribution in [0.2, 0.25) is 0 Å². The second-order valence-corrected chi connectivity index (χ2v) is 9.41. The summed E-state index contributed by atoms with van der Waals surface area (Å²) in [4.78, 5) is 36.8. The maximum atomic E-state index is 12.4. The van der Waals surface area contributed by atoms with Crippen LogP contribution in [0.3, 0.4) is 0 Å². The van der Waals surface area contributed by atoms with Crippen LogP contribution in [0.25, 0.3) is 0 Å². The molecule has 2 aromatic rings. The van der Waals surface area contributed by atoms with E-state index in [9.17, 15) is 9.59 Å². The number of methoxy groups -OCH3 is 3. The van der Waals surface area contributed by atoms with Crippen molar-refractivity contribution in [1.82, 2.24) is 5.23 Å². The molecule has 0 bridgehead atoms. The highest BCUT2D eigenvalue weighted by Crippen LogP contribution is 2.50. The fraction of sp³-hybridized carbons (Fsp3) is 0.500. The van der Waals surface area contributed by atoms with Gasteiger partial charge < -0.3 is 23.7 Å². The minimum absolute atomic E-state index is 0.221. The van der Waals surface area contributed by atoms with Crippen LogP contribution < -0.4 is 9.47 Å². The molecule has 5 unspecified atom stereocenters.